The number of hydrogen-bond donors (Lipinski definition) is 1. The lowest BCUT2D eigenvalue weighted by molar-refractivity contribution is -0.152. The van der Waals surface area contributed by atoms with E-state index in [2.05, 4.69) is 6.58 Å². The van der Waals surface area contributed by atoms with Crippen molar-refractivity contribution in [2.75, 3.05) is 0 Å². The van der Waals surface area contributed by atoms with E-state index < -0.39 is 46.9 Å². The Hall–Kier alpha value is -1.44. The van der Waals surface area contributed by atoms with Gasteiger partial charge >= 0.3 is 11.9 Å². The number of hydrogen-bond acceptors (Lipinski definition) is 7. The Morgan fingerprint density at radius 2 is 2.04 bits per heavy atom. The van der Waals surface area contributed by atoms with Gasteiger partial charge in [-0.3, -0.25) is 4.79 Å². The van der Waals surface area contributed by atoms with Crippen LogP contribution in [-0.4, -0.2) is 58.3 Å². The molecule has 5 fully saturated rings. The maximum Gasteiger partial charge on any atom is 0.334 e. The van der Waals surface area contributed by atoms with Gasteiger partial charge in [0.05, 0.1) is 17.4 Å². The molecule has 0 amide bonds. The van der Waals surface area contributed by atoms with Gasteiger partial charge in [-0.2, -0.15) is 0 Å². The number of fused-ring (bicyclic) bond motifs is 5. The predicted octanol–water partition coefficient (Wildman–Crippen LogP) is 0.0955. The van der Waals surface area contributed by atoms with Gasteiger partial charge in [-0.1, -0.05) is 6.58 Å². The molecule has 5 rings (SSSR count). The van der Waals surface area contributed by atoms with Crippen molar-refractivity contribution in [3.8, 4) is 0 Å². The molecule has 130 valence electrons. The van der Waals surface area contributed by atoms with E-state index in [9.17, 15) is 14.7 Å². The molecule has 2 aliphatic carbocycles. The Labute approximate surface area is 138 Å². The highest BCUT2D eigenvalue weighted by Gasteiger charge is 2.93. The summed E-state index contributed by atoms with van der Waals surface area (Å²) in [6.07, 6.45) is -1.41. The first-order valence-electron chi connectivity index (χ1n) is 8.28. The fraction of sp³-hybridized carbons (Fsp3) is 0.765. The SMILES string of the molecule is C=C1C(=O)OC2C1C(OC(C)=O)CC(C)(O)C13OC1C1OC1(C)C23. The van der Waals surface area contributed by atoms with Crippen LogP contribution in [-0.2, 0) is 28.5 Å². The van der Waals surface area contributed by atoms with Crippen LogP contribution in [0.4, 0.5) is 0 Å². The second kappa shape index (κ2) is 3.86. The molecule has 0 radical (unpaired) electrons. The van der Waals surface area contributed by atoms with E-state index in [0.717, 1.165) is 0 Å². The highest BCUT2D eigenvalue weighted by molar-refractivity contribution is 5.91. The highest BCUT2D eigenvalue weighted by Crippen LogP contribution is 2.75. The Morgan fingerprint density at radius 1 is 1.33 bits per heavy atom. The molecule has 0 aromatic carbocycles. The van der Waals surface area contributed by atoms with E-state index in [1.165, 1.54) is 6.92 Å². The number of epoxide rings is 2. The van der Waals surface area contributed by atoms with Crippen LogP contribution in [0.5, 0.6) is 0 Å². The van der Waals surface area contributed by atoms with Gasteiger partial charge in [0.25, 0.3) is 0 Å². The van der Waals surface area contributed by atoms with Crippen LogP contribution in [0.15, 0.2) is 12.2 Å². The Morgan fingerprint density at radius 3 is 2.71 bits per heavy atom. The van der Waals surface area contributed by atoms with Crippen molar-refractivity contribution in [1.82, 2.24) is 0 Å². The summed E-state index contributed by atoms with van der Waals surface area (Å²) in [6, 6.07) is 0. The van der Waals surface area contributed by atoms with Gasteiger partial charge in [0.1, 0.15) is 35.6 Å². The molecule has 0 bridgehead atoms. The average Bonchev–Trinajstić information content (AvgIpc) is 3.29. The summed E-state index contributed by atoms with van der Waals surface area (Å²) in [5.74, 6) is -1.76. The second-order valence-corrected chi connectivity index (χ2v) is 8.08. The van der Waals surface area contributed by atoms with Gasteiger partial charge < -0.3 is 24.1 Å². The third kappa shape index (κ3) is 1.41. The molecule has 3 aliphatic heterocycles. The lowest BCUT2D eigenvalue weighted by atomic mass is 9.74. The summed E-state index contributed by atoms with van der Waals surface area (Å²) < 4.78 is 22.9. The van der Waals surface area contributed by atoms with Crippen molar-refractivity contribution in [2.45, 2.75) is 68.4 Å². The van der Waals surface area contributed by atoms with E-state index in [4.69, 9.17) is 18.9 Å². The first kappa shape index (κ1) is 14.9. The van der Waals surface area contributed by atoms with Gasteiger partial charge in [0.15, 0.2) is 0 Å². The van der Waals surface area contributed by atoms with E-state index in [1.807, 2.05) is 6.92 Å². The van der Waals surface area contributed by atoms with Crippen LogP contribution >= 0.6 is 0 Å². The smallest absolute Gasteiger partial charge is 0.334 e. The number of rotatable bonds is 1. The molecule has 7 heteroatoms. The Bertz CT molecular complexity index is 699. The van der Waals surface area contributed by atoms with Crippen molar-refractivity contribution in [3.05, 3.63) is 12.2 Å². The topological polar surface area (TPSA) is 97.9 Å². The molecular formula is C17H20O7. The molecular weight excluding hydrogens is 316 g/mol. The number of aliphatic hydroxyl groups is 1. The number of carbonyl (C=O) groups is 2. The Kier molecular flexibility index (Phi) is 2.39. The molecule has 2 saturated carbocycles. The molecule has 3 saturated heterocycles. The normalized spacial score (nSPS) is 59.5. The maximum atomic E-state index is 12.2. The minimum absolute atomic E-state index is 0.0903. The van der Waals surface area contributed by atoms with Gasteiger partial charge in [0.2, 0.25) is 0 Å². The van der Waals surface area contributed by atoms with Crippen molar-refractivity contribution in [3.63, 3.8) is 0 Å². The zero-order valence-electron chi connectivity index (χ0n) is 13.8. The molecule has 9 unspecified atom stereocenters. The highest BCUT2D eigenvalue weighted by atomic mass is 16.7. The van der Waals surface area contributed by atoms with Crippen molar-refractivity contribution in [2.24, 2.45) is 11.8 Å². The van der Waals surface area contributed by atoms with Crippen LogP contribution in [0.3, 0.4) is 0 Å². The summed E-state index contributed by atoms with van der Waals surface area (Å²) in [5.41, 5.74) is -2.26. The van der Waals surface area contributed by atoms with Gasteiger partial charge in [-0.25, -0.2) is 4.79 Å². The van der Waals surface area contributed by atoms with Crippen molar-refractivity contribution >= 4 is 11.9 Å². The quantitative estimate of drug-likeness (QED) is 0.412. The van der Waals surface area contributed by atoms with Gasteiger partial charge in [-0.15, -0.1) is 0 Å². The average molecular weight is 336 g/mol. The molecule has 9 atom stereocenters. The molecule has 0 aromatic heterocycles. The zero-order chi connectivity index (χ0) is 17.2. The molecule has 7 nitrogen and oxygen atoms in total. The summed E-state index contributed by atoms with van der Waals surface area (Å²) in [4.78, 5) is 23.7. The fourth-order valence-corrected chi connectivity index (χ4v) is 5.65. The molecule has 1 spiro atoms. The summed E-state index contributed by atoms with van der Waals surface area (Å²) in [5, 5.41) is 11.2. The first-order chi connectivity index (χ1) is 11.1. The van der Waals surface area contributed by atoms with E-state index >= 15 is 0 Å². The first-order valence-corrected chi connectivity index (χ1v) is 8.28. The molecule has 24 heavy (non-hydrogen) atoms. The van der Waals surface area contributed by atoms with Crippen LogP contribution < -0.4 is 0 Å². The maximum absolute atomic E-state index is 12.2. The zero-order valence-corrected chi connectivity index (χ0v) is 13.8. The lowest BCUT2D eigenvalue weighted by Gasteiger charge is -2.36. The van der Waals surface area contributed by atoms with Crippen LogP contribution in [0.2, 0.25) is 0 Å². The summed E-state index contributed by atoms with van der Waals surface area (Å²) >= 11 is 0. The number of ether oxygens (including phenoxy) is 4. The summed E-state index contributed by atoms with van der Waals surface area (Å²) in [7, 11) is 0. The van der Waals surface area contributed by atoms with Crippen LogP contribution in [0, 0.1) is 11.8 Å². The standard InChI is InChI=1S/C17H20O7/c1-6-9-8(21-7(2)18)5-15(3,20)17-11(10(9)22-14(6)19)16(4)12(23-16)13(17)24-17/h8-13,20H,1,5H2,2-4H3. The third-order valence-corrected chi connectivity index (χ3v) is 6.68. The minimum Gasteiger partial charge on any atom is -0.462 e. The van der Waals surface area contributed by atoms with E-state index in [1.54, 1.807) is 6.92 Å². The number of carbonyl (C=O) groups excluding carboxylic acids is 2. The molecule has 0 aromatic rings. The van der Waals surface area contributed by atoms with E-state index in [0.29, 0.717) is 0 Å². The van der Waals surface area contributed by atoms with Crippen molar-refractivity contribution in [1.29, 1.82) is 0 Å². The van der Waals surface area contributed by atoms with Gasteiger partial charge in [-0.05, 0) is 13.8 Å². The van der Waals surface area contributed by atoms with Crippen LogP contribution in [0.1, 0.15) is 27.2 Å². The minimum atomic E-state index is -1.22. The summed E-state index contributed by atoms with van der Waals surface area (Å²) in [6.45, 7) is 8.83. The lowest BCUT2D eigenvalue weighted by Crippen LogP contribution is -2.53. The largest absolute Gasteiger partial charge is 0.462 e. The predicted molar refractivity (Wildman–Crippen MR) is 77.7 cm³/mol. The van der Waals surface area contributed by atoms with Crippen molar-refractivity contribution < 1.29 is 33.6 Å². The van der Waals surface area contributed by atoms with E-state index in [-0.39, 0.29) is 30.1 Å². The monoisotopic (exact) mass is 336 g/mol. The number of esters is 2. The molecule has 1 N–H and O–H groups in total. The van der Waals surface area contributed by atoms with Crippen LogP contribution in [0.25, 0.3) is 0 Å². The molecule has 3 heterocycles. The second-order valence-electron chi connectivity index (χ2n) is 8.08. The molecule has 5 aliphatic rings. The third-order valence-electron chi connectivity index (χ3n) is 6.68. The van der Waals surface area contributed by atoms with Gasteiger partial charge in [0, 0.05) is 18.9 Å². The Balaban J connectivity index is 1.65. The fourth-order valence-electron chi connectivity index (χ4n) is 5.65.